The quantitative estimate of drug-likeness (QED) is 0.472. The van der Waals surface area contributed by atoms with E-state index >= 15 is 0 Å². The lowest BCUT2D eigenvalue weighted by Crippen LogP contribution is -2.26. The second-order valence-electron chi connectivity index (χ2n) is 7.58. The Morgan fingerprint density at radius 3 is 2.28 bits per heavy atom. The zero-order valence-corrected chi connectivity index (χ0v) is 17.3. The molecule has 0 bridgehead atoms. The summed E-state index contributed by atoms with van der Waals surface area (Å²) in [5.41, 5.74) is 11.5. The van der Waals surface area contributed by atoms with E-state index in [1.807, 2.05) is 48.5 Å². The maximum Gasteiger partial charge on any atom is 0.407 e. The highest BCUT2D eigenvalue weighted by molar-refractivity contribution is 5.94. The molecule has 0 radical (unpaired) electrons. The van der Waals surface area contributed by atoms with Crippen LogP contribution in [0.2, 0.25) is 0 Å². The number of amides is 1. The number of carbonyl (C=O) groups is 1. The minimum Gasteiger partial charge on any atom is -0.449 e. The molecule has 5 rings (SSSR count). The maximum atomic E-state index is 12.3. The van der Waals surface area contributed by atoms with Gasteiger partial charge in [0, 0.05) is 22.9 Å². The Balaban J connectivity index is 1.22. The molecule has 1 aromatic heterocycles. The number of anilines is 1. The molecule has 3 aromatic carbocycles. The van der Waals surface area contributed by atoms with Crippen LogP contribution in [-0.2, 0) is 4.74 Å². The van der Waals surface area contributed by atoms with Crippen LogP contribution in [0.1, 0.15) is 22.6 Å². The topological polar surface area (TPSA) is 77.2 Å². The second-order valence-corrected chi connectivity index (χ2v) is 7.58. The molecular formula is C27H21N3O2. The molecule has 1 amide bonds. The fraction of sp³-hybridized carbons (Fsp3) is 0.111. The fourth-order valence-electron chi connectivity index (χ4n) is 4.22. The van der Waals surface area contributed by atoms with Crippen LogP contribution in [0.5, 0.6) is 0 Å². The smallest absolute Gasteiger partial charge is 0.407 e. The number of hydrogen-bond acceptors (Lipinski definition) is 4. The van der Waals surface area contributed by atoms with Crippen LogP contribution >= 0.6 is 0 Å². The average Bonchev–Trinajstić information content (AvgIpc) is 3.16. The minimum atomic E-state index is -0.485. The molecule has 1 heterocycles. The van der Waals surface area contributed by atoms with Gasteiger partial charge in [0.05, 0.1) is 12.1 Å². The van der Waals surface area contributed by atoms with Gasteiger partial charge < -0.3 is 15.8 Å². The summed E-state index contributed by atoms with van der Waals surface area (Å²) < 4.78 is 5.53. The fourth-order valence-corrected chi connectivity index (χ4v) is 4.22. The number of nitrogens with zero attached hydrogens (tertiary/aromatic N) is 1. The lowest BCUT2D eigenvalue weighted by Gasteiger charge is -2.14. The number of fused-ring (bicyclic) bond motifs is 4. The van der Waals surface area contributed by atoms with Crippen LogP contribution in [-0.4, -0.2) is 24.2 Å². The van der Waals surface area contributed by atoms with Crippen molar-refractivity contribution in [1.82, 2.24) is 10.3 Å². The van der Waals surface area contributed by atoms with E-state index < -0.39 is 6.09 Å². The van der Waals surface area contributed by atoms with Gasteiger partial charge in [0.2, 0.25) is 0 Å². The van der Waals surface area contributed by atoms with E-state index in [4.69, 9.17) is 10.5 Å². The number of alkyl carbamates (subject to hydrolysis) is 1. The van der Waals surface area contributed by atoms with Crippen LogP contribution in [0.25, 0.3) is 21.9 Å². The SMILES string of the molecule is Nc1ncc(C#CCNC(=O)OCC2c3ccccc3-c3ccccc32)c2ccccc12. The lowest BCUT2D eigenvalue weighted by atomic mass is 9.98. The van der Waals surface area contributed by atoms with Crippen molar-refractivity contribution in [3.8, 4) is 23.0 Å². The molecule has 3 N–H and O–H groups in total. The molecule has 0 saturated carbocycles. The van der Waals surface area contributed by atoms with E-state index in [1.54, 1.807) is 6.20 Å². The molecule has 0 spiro atoms. The summed E-state index contributed by atoms with van der Waals surface area (Å²) in [6.45, 7) is 0.454. The van der Waals surface area contributed by atoms with Gasteiger partial charge in [-0.3, -0.25) is 0 Å². The van der Waals surface area contributed by atoms with E-state index in [0.29, 0.717) is 5.82 Å². The highest BCUT2D eigenvalue weighted by Gasteiger charge is 2.28. The van der Waals surface area contributed by atoms with Crippen molar-refractivity contribution in [3.05, 3.63) is 95.7 Å². The standard InChI is InChI=1S/C27H21N3O2/c28-26-24-14-6-1-9-19(24)18(16-30-26)8-7-15-29-27(31)32-17-25-22-12-4-2-10-20(22)21-11-3-5-13-23(21)25/h1-6,9-14,16,25H,15,17H2,(H2,28,30)(H,29,31). The summed E-state index contributed by atoms with van der Waals surface area (Å²) in [7, 11) is 0. The normalized spacial score (nSPS) is 11.9. The number of aromatic nitrogens is 1. The summed E-state index contributed by atoms with van der Waals surface area (Å²) in [6.07, 6.45) is 1.17. The molecule has 0 unspecified atom stereocenters. The van der Waals surface area contributed by atoms with Crippen molar-refractivity contribution in [2.45, 2.75) is 5.92 Å². The van der Waals surface area contributed by atoms with E-state index in [-0.39, 0.29) is 19.1 Å². The molecule has 0 saturated heterocycles. The third-order valence-corrected chi connectivity index (χ3v) is 5.71. The summed E-state index contributed by atoms with van der Waals surface area (Å²) in [5, 5.41) is 4.51. The molecule has 156 valence electrons. The van der Waals surface area contributed by atoms with Crippen LogP contribution in [0, 0.1) is 11.8 Å². The zero-order chi connectivity index (χ0) is 21.9. The first kappa shape index (κ1) is 19.7. The van der Waals surface area contributed by atoms with Gasteiger partial charge in [0.15, 0.2) is 0 Å². The molecule has 1 aliphatic carbocycles. The number of carbonyl (C=O) groups excluding carboxylic acids is 1. The number of pyridine rings is 1. The molecule has 1 aliphatic rings. The van der Waals surface area contributed by atoms with Crippen molar-refractivity contribution < 1.29 is 9.53 Å². The van der Waals surface area contributed by atoms with Gasteiger partial charge in [0.1, 0.15) is 12.4 Å². The highest BCUT2D eigenvalue weighted by atomic mass is 16.5. The Bertz CT molecular complexity index is 1340. The molecule has 0 fully saturated rings. The van der Waals surface area contributed by atoms with Gasteiger partial charge in [-0.15, -0.1) is 0 Å². The van der Waals surface area contributed by atoms with Crippen molar-refractivity contribution in [3.63, 3.8) is 0 Å². The highest BCUT2D eigenvalue weighted by Crippen LogP contribution is 2.44. The van der Waals surface area contributed by atoms with Gasteiger partial charge >= 0.3 is 6.09 Å². The van der Waals surface area contributed by atoms with Gasteiger partial charge in [0.25, 0.3) is 0 Å². The first-order chi connectivity index (χ1) is 15.7. The molecule has 0 aliphatic heterocycles. The number of ether oxygens (including phenoxy) is 1. The lowest BCUT2D eigenvalue weighted by molar-refractivity contribution is 0.144. The largest absolute Gasteiger partial charge is 0.449 e. The van der Waals surface area contributed by atoms with Gasteiger partial charge in [-0.05, 0) is 22.3 Å². The first-order valence-corrected chi connectivity index (χ1v) is 10.4. The van der Waals surface area contributed by atoms with Crippen molar-refractivity contribution in [2.24, 2.45) is 0 Å². The first-order valence-electron chi connectivity index (χ1n) is 10.4. The summed E-state index contributed by atoms with van der Waals surface area (Å²) in [4.78, 5) is 16.5. The minimum absolute atomic E-state index is 0.0338. The third-order valence-electron chi connectivity index (χ3n) is 5.71. The molecule has 5 nitrogen and oxygen atoms in total. The van der Waals surface area contributed by atoms with Gasteiger partial charge in [-0.2, -0.15) is 0 Å². The van der Waals surface area contributed by atoms with Crippen molar-refractivity contribution in [2.75, 3.05) is 18.9 Å². The predicted molar refractivity (Wildman–Crippen MR) is 126 cm³/mol. The van der Waals surface area contributed by atoms with Crippen molar-refractivity contribution in [1.29, 1.82) is 0 Å². The maximum absolute atomic E-state index is 12.3. The van der Waals surface area contributed by atoms with Gasteiger partial charge in [-0.25, -0.2) is 9.78 Å². The van der Waals surface area contributed by atoms with Crippen LogP contribution in [0.4, 0.5) is 10.6 Å². The van der Waals surface area contributed by atoms with E-state index in [0.717, 1.165) is 16.3 Å². The Kier molecular flexibility index (Phi) is 5.19. The second kappa shape index (κ2) is 8.44. The molecular weight excluding hydrogens is 398 g/mol. The number of rotatable bonds is 3. The van der Waals surface area contributed by atoms with Crippen LogP contribution in [0.15, 0.2) is 79.0 Å². The Hall–Kier alpha value is -4.30. The summed E-state index contributed by atoms with van der Waals surface area (Å²) >= 11 is 0. The molecule has 5 heteroatoms. The summed E-state index contributed by atoms with van der Waals surface area (Å²) in [6, 6.07) is 24.2. The predicted octanol–water partition coefficient (Wildman–Crippen LogP) is 4.71. The zero-order valence-electron chi connectivity index (χ0n) is 17.3. The van der Waals surface area contributed by atoms with E-state index in [1.165, 1.54) is 22.3 Å². The van der Waals surface area contributed by atoms with Crippen LogP contribution < -0.4 is 11.1 Å². The Morgan fingerprint density at radius 1 is 0.938 bits per heavy atom. The monoisotopic (exact) mass is 419 g/mol. The van der Waals surface area contributed by atoms with Crippen LogP contribution in [0.3, 0.4) is 0 Å². The van der Waals surface area contributed by atoms with Crippen molar-refractivity contribution >= 4 is 22.7 Å². The van der Waals surface area contributed by atoms with E-state index in [9.17, 15) is 4.79 Å². The number of nitrogens with one attached hydrogen (secondary N) is 1. The number of hydrogen-bond donors (Lipinski definition) is 2. The van der Waals surface area contributed by atoms with Gasteiger partial charge in [-0.1, -0.05) is 84.6 Å². The average molecular weight is 419 g/mol. The molecule has 32 heavy (non-hydrogen) atoms. The molecule has 0 atom stereocenters. The summed E-state index contributed by atoms with van der Waals surface area (Å²) in [5.74, 6) is 6.52. The Morgan fingerprint density at radius 2 is 1.56 bits per heavy atom. The third kappa shape index (κ3) is 3.63. The number of nitrogen functional groups attached to an aromatic ring is 1. The number of benzene rings is 3. The van der Waals surface area contributed by atoms with E-state index in [2.05, 4.69) is 46.4 Å². The molecule has 4 aromatic rings. The number of nitrogens with two attached hydrogens (primary N) is 1. The Labute approximate surface area is 186 Å².